The molecule has 5 nitrogen and oxygen atoms in total. The lowest BCUT2D eigenvalue weighted by molar-refractivity contribution is -0.121. The highest BCUT2D eigenvalue weighted by atomic mass is 32.2. The standard InChI is InChI=1S/C20H22N2O3S2/c1-13-3-8-17(14(2)11-13)21-20(24)22-18(23)12-25-16-6-4-15(5-7-16)19-26-9-10-27-19/h3-8,11,19H,9-10,12H2,1-2H3,(H2,21,22,23,24). The maximum atomic E-state index is 12.0. The Balaban J connectivity index is 1.45. The van der Waals surface area contributed by atoms with Crippen molar-refractivity contribution in [3.63, 3.8) is 0 Å². The lowest BCUT2D eigenvalue weighted by atomic mass is 10.1. The Labute approximate surface area is 167 Å². The minimum atomic E-state index is -0.568. The number of anilines is 1. The van der Waals surface area contributed by atoms with Gasteiger partial charge in [0.2, 0.25) is 0 Å². The molecule has 0 unspecified atom stereocenters. The maximum Gasteiger partial charge on any atom is 0.325 e. The molecule has 0 spiro atoms. The second-order valence-corrected chi connectivity index (χ2v) is 8.98. The summed E-state index contributed by atoms with van der Waals surface area (Å²) in [6.07, 6.45) is 0. The van der Waals surface area contributed by atoms with Crippen molar-refractivity contribution >= 4 is 41.1 Å². The molecule has 0 aliphatic carbocycles. The average molecular weight is 403 g/mol. The number of amides is 3. The Morgan fingerprint density at radius 2 is 1.78 bits per heavy atom. The quantitative estimate of drug-likeness (QED) is 0.770. The van der Waals surface area contributed by atoms with Crippen molar-refractivity contribution in [2.24, 2.45) is 0 Å². The van der Waals surface area contributed by atoms with Gasteiger partial charge in [0.05, 0.1) is 4.58 Å². The molecule has 0 radical (unpaired) electrons. The first kappa shape index (κ1) is 19.6. The summed E-state index contributed by atoms with van der Waals surface area (Å²) in [4.78, 5) is 23.9. The van der Waals surface area contributed by atoms with E-state index in [-0.39, 0.29) is 6.61 Å². The van der Waals surface area contributed by atoms with Gasteiger partial charge in [-0.25, -0.2) is 4.79 Å². The number of benzene rings is 2. The van der Waals surface area contributed by atoms with Crippen LogP contribution in [0.5, 0.6) is 5.75 Å². The summed E-state index contributed by atoms with van der Waals surface area (Å²) < 4.78 is 5.95. The van der Waals surface area contributed by atoms with Crippen molar-refractivity contribution < 1.29 is 14.3 Å². The van der Waals surface area contributed by atoms with Gasteiger partial charge < -0.3 is 10.1 Å². The molecule has 1 aliphatic heterocycles. The lowest BCUT2D eigenvalue weighted by Gasteiger charge is -2.11. The molecule has 142 valence electrons. The highest BCUT2D eigenvalue weighted by Gasteiger charge is 2.18. The SMILES string of the molecule is Cc1ccc(NC(=O)NC(=O)COc2ccc(C3SCCS3)cc2)c(C)c1. The van der Waals surface area contributed by atoms with E-state index < -0.39 is 11.9 Å². The summed E-state index contributed by atoms with van der Waals surface area (Å²) in [5.74, 6) is 2.47. The molecule has 3 amide bonds. The molecule has 1 saturated heterocycles. The van der Waals surface area contributed by atoms with Crippen LogP contribution >= 0.6 is 23.5 Å². The third kappa shape index (κ3) is 5.68. The van der Waals surface area contributed by atoms with Crippen molar-refractivity contribution in [3.8, 4) is 5.75 Å². The summed E-state index contributed by atoms with van der Waals surface area (Å²) in [6.45, 7) is 3.67. The topological polar surface area (TPSA) is 67.4 Å². The van der Waals surface area contributed by atoms with E-state index >= 15 is 0 Å². The number of rotatable bonds is 5. The van der Waals surface area contributed by atoms with E-state index in [0.717, 1.165) is 11.1 Å². The van der Waals surface area contributed by atoms with Gasteiger partial charge in [-0.3, -0.25) is 10.1 Å². The van der Waals surface area contributed by atoms with Crippen LogP contribution in [-0.4, -0.2) is 30.1 Å². The van der Waals surface area contributed by atoms with Gasteiger partial charge >= 0.3 is 6.03 Å². The third-order valence-corrected chi connectivity index (χ3v) is 7.13. The fraction of sp³-hybridized carbons (Fsp3) is 0.300. The Hall–Kier alpha value is -2.12. The molecule has 2 aromatic carbocycles. The summed E-state index contributed by atoms with van der Waals surface area (Å²) in [5, 5.41) is 4.95. The first-order valence-corrected chi connectivity index (χ1v) is 10.7. The van der Waals surface area contributed by atoms with Gasteiger partial charge in [-0.1, -0.05) is 29.8 Å². The van der Waals surface area contributed by atoms with Gasteiger partial charge in [-0.15, -0.1) is 23.5 Å². The number of hydrogen-bond acceptors (Lipinski definition) is 5. The molecule has 1 fully saturated rings. The van der Waals surface area contributed by atoms with Crippen LogP contribution in [0.15, 0.2) is 42.5 Å². The zero-order valence-electron chi connectivity index (χ0n) is 15.3. The van der Waals surface area contributed by atoms with Crippen LogP contribution in [-0.2, 0) is 4.79 Å². The molecule has 2 N–H and O–H groups in total. The predicted molar refractivity (Wildman–Crippen MR) is 113 cm³/mol. The molecular formula is C20H22N2O3S2. The van der Waals surface area contributed by atoms with Gasteiger partial charge in [0.1, 0.15) is 5.75 Å². The minimum Gasteiger partial charge on any atom is -0.484 e. The van der Waals surface area contributed by atoms with E-state index in [1.54, 1.807) is 0 Å². The van der Waals surface area contributed by atoms with Crippen LogP contribution in [0.25, 0.3) is 0 Å². The van der Waals surface area contributed by atoms with Gasteiger partial charge in [0.15, 0.2) is 6.61 Å². The van der Waals surface area contributed by atoms with E-state index in [2.05, 4.69) is 10.6 Å². The molecular weight excluding hydrogens is 380 g/mol. The molecule has 1 heterocycles. The van der Waals surface area contributed by atoms with E-state index in [1.807, 2.05) is 79.8 Å². The summed E-state index contributed by atoms with van der Waals surface area (Å²) in [7, 11) is 0. The molecule has 0 aromatic heterocycles. The highest BCUT2D eigenvalue weighted by molar-refractivity contribution is 8.19. The second kappa shape index (κ2) is 9.19. The van der Waals surface area contributed by atoms with Crippen LogP contribution in [0, 0.1) is 13.8 Å². The van der Waals surface area contributed by atoms with Crippen LogP contribution in [0.1, 0.15) is 21.3 Å². The summed E-state index contributed by atoms with van der Waals surface area (Å²) >= 11 is 3.88. The van der Waals surface area contributed by atoms with Crippen molar-refractivity contribution in [3.05, 3.63) is 59.2 Å². The number of carbonyl (C=O) groups excluding carboxylic acids is 2. The zero-order valence-corrected chi connectivity index (χ0v) is 16.9. The minimum absolute atomic E-state index is 0.216. The monoisotopic (exact) mass is 402 g/mol. The number of nitrogens with one attached hydrogen (secondary N) is 2. The van der Waals surface area contributed by atoms with Crippen molar-refractivity contribution in [1.29, 1.82) is 0 Å². The molecule has 2 aromatic rings. The number of ether oxygens (including phenoxy) is 1. The lowest BCUT2D eigenvalue weighted by Crippen LogP contribution is -2.37. The number of imide groups is 1. The van der Waals surface area contributed by atoms with Gasteiger partial charge in [-0.2, -0.15) is 0 Å². The Bertz CT molecular complexity index is 818. The van der Waals surface area contributed by atoms with E-state index in [4.69, 9.17) is 4.74 Å². The smallest absolute Gasteiger partial charge is 0.325 e. The molecule has 7 heteroatoms. The number of hydrogen-bond donors (Lipinski definition) is 2. The first-order valence-electron chi connectivity index (χ1n) is 8.65. The normalized spacial score (nSPS) is 14.0. The Morgan fingerprint density at radius 1 is 1.07 bits per heavy atom. The Kier molecular flexibility index (Phi) is 6.68. The van der Waals surface area contributed by atoms with E-state index in [1.165, 1.54) is 17.1 Å². The van der Waals surface area contributed by atoms with E-state index in [0.29, 0.717) is 16.0 Å². The van der Waals surface area contributed by atoms with Crippen LogP contribution in [0.4, 0.5) is 10.5 Å². The van der Waals surface area contributed by atoms with E-state index in [9.17, 15) is 9.59 Å². The molecule has 0 atom stereocenters. The van der Waals surface area contributed by atoms with Crippen LogP contribution < -0.4 is 15.4 Å². The summed E-state index contributed by atoms with van der Waals surface area (Å²) in [5.41, 5.74) is 3.98. The number of urea groups is 1. The molecule has 1 aliphatic rings. The average Bonchev–Trinajstić information content (AvgIpc) is 3.17. The van der Waals surface area contributed by atoms with Crippen LogP contribution in [0.2, 0.25) is 0 Å². The van der Waals surface area contributed by atoms with Gasteiger partial charge in [-0.05, 0) is 43.2 Å². The fourth-order valence-electron chi connectivity index (χ4n) is 2.69. The van der Waals surface area contributed by atoms with Crippen molar-refractivity contribution in [1.82, 2.24) is 5.32 Å². The number of aryl methyl sites for hydroxylation is 2. The largest absolute Gasteiger partial charge is 0.484 e. The number of carbonyl (C=O) groups is 2. The first-order chi connectivity index (χ1) is 13.0. The van der Waals surface area contributed by atoms with Crippen molar-refractivity contribution in [2.45, 2.75) is 18.4 Å². The second-order valence-electron chi connectivity index (χ2n) is 6.25. The van der Waals surface area contributed by atoms with Crippen LogP contribution in [0.3, 0.4) is 0 Å². The van der Waals surface area contributed by atoms with Crippen molar-refractivity contribution in [2.75, 3.05) is 23.4 Å². The predicted octanol–water partition coefficient (Wildman–Crippen LogP) is 4.51. The third-order valence-electron chi connectivity index (χ3n) is 4.03. The van der Waals surface area contributed by atoms with Gasteiger partial charge in [0.25, 0.3) is 5.91 Å². The molecule has 3 rings (SSSR count). The molecule has 27 heavy (non-hydrogen) atoms. The highest BCUT2D eigenvalue weighted by Crippen LogP contribution is 2.45. The fourth-order valence-corrected chi connectivity index (χ4v) is 5.55. The molecule has 0 saturated carbocycles. The maximum absolute atomic E-state index is 12.0. The van der Waals surface area contributed by atoms with Gasteiger partial charge in [0, 0.05) is 17.2 Å². The molecule has 0 bridgehead atoms. The Morgan fingerprint density at radius 3 is 2.44 bits per heavy atom. The number of thioether (sulfide) groups is 2. The zero-order chi connectivity index (χ0) is 19.2. The summed E-state index contributed by atoms with van der Waals surface area (Å²) in [6, 6.07) is 12.9.